The van der Waals surface area contributed by atoms with Gasteiger partial charge in [0.2, 0.25) is 0 Å². The van der Waals surface area contributed by atoms with Gasteiger partial charge in [0.05, 0.1) is 5.02 Å². The van der Waals surface area contributed by atoms with Gasteiger partial charge >= 0.3 is 0 Å². The fraction of sp³-hybridized carbons (Fsp3) is 0.364. The van der Waals surface area contributed by atoms with Crippen molar-refractivity contribution < 1.29 is 9.53 Å². The molecule has 2 N–H and O–H groups in total. The molecule has 0 bridgehead atoms. The summed E-state index contributed by atoms with van der Waals surface area (Å²) in [6.45, 7) is 0.287. The van der Waals surface area contributed by atoms with Gasteiger partial charge < -0.3 is 15.4 Å². The molecule has 0 aliphatic rings. The van der Waals surface area contributed by atoms with Gasteiger partial charge in [-0.1, -0.05) is 23.7 Å². The molecule has 88 valence electrons. The Morgan fingerprint density at radius 2 is 2.19 bits per heavy atom. The highest BCUT2D eigenvalue weighted by molar-refractivity contribution is 6.32. The highest BCUT2D eigenvalue weighted by Crippen LogP contribution is 2.28. The van der Waals surface area contributed by atoms with E-state index in [4.69, 9.17) is 22.1 Å². The molecule has 4 nitrogen and oxygen atoms in total. The Bertz CT molecular complexity index is 380. The molecule has 0 heterocycles. The van der Waals surface area contributed by atoms with Gasteiger partial charge in [0.25, 0.3) is 5.91 Å². The monoisotopic (exact) mass is 242 g/mol. The Labute approximate surface area is 99.9 Å². The maximum atomic E-state index is 11.4. The molecule has 0 fully saturated rings. The summed E-state index contributed by atoms with van der Waals surface area (Å²) in [7, 11) is 3.34. The number of ether oxygens (including phenoxy) is 1. The summed E-state index contributed by atoms with van der Waals surface area (Å²) >= 11 is 5.97. The van der Waals surface area contributed by atoms with Crippen molar-refractivity contribution in [3.8, 4) is 5.75 Å². The lowest BCUT2D eigenvalue weighted by atomic mass is 10.2. The van der Waals surface area contributed by atoms with Crippen molar-refractivity contribution in [2.75, 3.05) is 20.7 Å². The van der Waals surface area contributed by atoms with Crippen LogP contribution in [0.15, 0.2) is 18.2 Å². The van der Waals surface area contributed by atoms with Crippen molar-refractivity contribution >= 4 is 17.5 Å². The summed E-state index contributed by atoms with van der Waals surface area (Å²) in [6, 6.07) is 5.32. The molecule has 1 aromatic rings. The number of hydrogen-bond acceptors (Lipinski definition) is 3. The van der Waals surface area contributed by atoms with Crippen molar-refractivity contribution in [1.29, 1.82) is 0 Å². The molecule has 16 heavy (non-hydrogen) atoms. The molecule has 0 spiro atoms. The minimum Gasteiger partial charge on any atom is -0.482 e. The lowest BCUT2D eigenvalue weighted by Crippen LogP contribution is -2.27. The van der Waals surface area contributed by atoms with Crippen LogP contribution in [0.25, 0.3) is 0 Å². The van der Waals surface area contributed by atoms with Crippen LogP contribution in [0.1, 0.15) is 5.56 Å². The number of amides is 1. The van der Waals surface area contributed by atoms with E-state index in [1.165, 1.54) is 4.90 Å². The number of likely N-dealkylation sites (N-methyl/N-ethyl adjacent to an activating group) is 1. The summed E-state index contributed by atoms with van der Waals surface area (Å²) in [6.07, 6.45) is 0. The van der Waals surface area contributed by atoms with Crippen molar-refractivity contribution in [1.82, 2.24) is 4.90 Å². The first-order chi connectivity index (χ1) is 7.56. The highest BCUT2D eigenvalue weighted by Gasteiger charge is 2.10. The van der Waals surface area contributed by atoms with Gasteiger partial charge in [-0.15, -0.1) is 0 Å². The molecule has 0 unspecified atom stereocenters. The second-order valence-corrected chi connectivity index (χ2v) is 3.92. The lowest BCUT2D eigenvalue weighted by Gasteiger charge is -2.14. The van der Waals surface area contributed by atoms with Gasteiger partial charge in [-0.2, -0.15) is 0 Å². The van der Waals surface area contributed by atoms with E-state index in [2.05, 4.69) is 0 Å². The minimum atomic E-state index is -0.122. The Balaban J connectivity index is 2.76. The van der Waals surface area contributed by atoms with Crippen LogP contribution in [0.4, 0.5) is 0 Å². The maximum absolute atomic E-state index is 11.4. The second-order valence-electron chi connectivity index (χ2n) is 3.51. The van der Waals surface area contributed by atoms with Crippen LogP contribution in [-0.2, 0) is 11.3 Å². The molecule has 0 radical (unpaired) electrons. The Morgan fingerprint density at radius 3 is 2.75 bits per heavy atom. The van der Waals surface area contributed by atoms with E-state index in [9.17, 15) is 4.79 Å². The third-order valence-electron chi connectivity index (χ3n) is 2.11. The molecule has 0 aromatic heterocycles. The molecule has 0 aliphatic heterocycles. The van der Waals surface area contributed by atoms with Gasteiger partial charge in [0.1, 0.15) is 5.75 Å². The summed E-state index contributed by atoms with van der Waals surface area (Å²) in [5.74, 6) is 0.366. The summed E-state index contributed by atoms with van der Waals surface area (Å²) < 4.78 is 5.38. The van der Waals surface area contributed by atoms with Crippen molar-refractivity contribution in [2.24, 2.45) is 5.73 Å². The fourth-order valence-electron chi connectivity index (χ4n) is 1.14. The van der Waals surface area contributed by atoms with E-state index in [0.717, 1.165) is 5.56 Å². The Kier molecular flexibility index (Phi) is 4.58. The van der Waals surface area contributed by atoms with Crippen molar-refractivity contribution in [3.05, 3.63) is 28.8 Å². The SMILES string of the molecule is CN(C)C(=O)COc1c(Cl)cccc1CN. The molecule has 1 aromatic carbocycles. The van der Waals surface area contributed by atoms with Crippen molar-refractivity contribution in [3.63, 3.8) is 0 Å². The van der Waals surface area contributed by atoms with E-state index in [1.54, 1.807) is 26.2 Å². The van der Waals surface area contributed by atoms with E-state index < -0.39 is 0 Å². The molecule has 1 rings (SSSR count). The number of nitrogens with two attached hydrogens (primary N) is 1. The number of para-hydroxylation sites is 1. The first kappa shape index (κ1) is 12.8. The predicted molar refractivity (Wildman–Crippen MR) is 63.5 cm³/mol. The standard InChI is InChI=1S/C11H15ClN2O2/c1-14(2)10(15)7-16-11-8(6-13)4-3-5-9(11)12/h3-5H,6-7,13H2,1-2H3. The predicted octanol–water partition coefficient (Wildman–Crippen LogP) is 1.27. The van der Waals surface area contributed by atoms with E-state index in [0.29, 0.717) is 17.3 Å². The lowest BCUT2D eigenvalue weighted by molar-refractivity contribution is -0.130. The van der Waals surface area contributed by atoms with Crippen LogP contribution in [0.5, 0.6) is 5.75 Å². The second kappa shape index (κ2) is 5.72. The fourth-order valence-corrected chi connectivity index (χ4v) is 1.39. The highest BCUT2D eigenvalue weighted by atomic mass is 35.5. The molecular formula is C11H15ClN2O2. The number of carbonyl (C=O) groups excluding carboxylic acids is 1. The quantitative estimate of drug-likeness (QED) is 0.865. The summed E-state index contributed by atoms with van der Waals surface area (Å²) in [4.78, 5) is 12.8. The zero-order valence-corrected chi connectivity index (χ0v) is 10.1. The first-order valence-electron chi connectivity index (χ1n) is 4.86. The molecule has 0 aliphatic carbocycles. The number of carbonyl (C=O) groups is 1. The smallest absolute Gasteiger partial charge is 0.259 e. The van der Waals surface area contributed by atoms with E-state index in [1.807, 2.05) is 6.07 Å². The van der Waals surface area contributed by atoms with Crippen LogP contribution in [0.3, 0.4) is 0 Å². The third-order valence-corrected chi connectivity index (χ3v) is 2.40. The summed E-state index contributed by atoms with van der Waals surface area (Å²) in [5.41, 5.74) is 6.34. The zero-order chi connectivity index (χ0) is 12.1. The molecule has 0 saturated heterocycles. The number of nitrogens with zero attached hydrogens (tertiary/aromatic N) is 1. The van der Waals surface area contributed by atoms with Crippen molar-refractivity contribution in [2.45, 2.75) is 6.54 Å². The van der Waals surface area contributed by atoms with Gasteiger partial charge in [-0.05, 0) is 6.07 Å². The van der Waals surface area contributed by atoms with Crippen LogP contribution in [-0.4, -0.2) is 31.5 Å². The molecule has 5 heteroatoms. The first-order valence-corrected chi connectivity index (χ1v) is 5.24. The Hall–Kier alpha value is -1.26. The normalized spacial score (nSPS) is 10.0. The maximum Gasteiger partial charge on any atom is 0.259 e. The molecule has 1 amide bonds. The number of halogens is 1. The molecular weight excluding hydrogens is 228 g/mol. The largest absolute Gasteiger partial charge is 0.482 e. The van der Waals surface area contributed by atoms with Crippen LogP contribution in [0.2, 0.25) is 5.02 Å². The van der Waals surface area contributed by atoms with Crippen LogP contribution in [0, 0.1) is 0 Å². The molecule has 0 atom stereocenters. The van der Waals surface area contributed by atoms with Gasteiger partial charge in [-0.25, -0.2) is 0 Å². The number of benzene rings is 1. The average Bonchev–Trinajstić information content (AvgIpc) is 2.26. The number of rotatable bonds is 4. The minimum absolute atomic E-state index is 0.0380. The summed E-state index contributed by atoms with van der Waals surface area (Å²) in [5, 5.41) is 0.467. The molecule has 0 saturated carbocycles. The number of hydrogen-bond donors (Lipinski definition) is 1. The topological polar surface area (TPSA) is 55.6 Å². The van der Waals surface area contributed by atoms with Crippen LogP contribution >= 0.6 is 11.6 Å². The zero-order valence-electron chi connectivity index (χ0n) is 9.37. The Morgan fingerprint density at radius 1 is 1.50 bits per heavy atom. The van der Waals surface area contributed by atoms with Gasteiger partial charge in [-0.3, -0.25) is 4.79 Å². The van der Waals surface area contributed by atoms with E-state index in [-0.39, 0.29) is 12.5 Å². The van der Waals surface area contributed by atoms with E-state index >= 15 is 0 Å². The third kappa shape index (κ3) is 3.12. The van der Waals surface area contributed by atoms with Gasteiger partial charge in [0, 0.05) is 26.2 Å². The van der Waals surface area contributed by atoms with Crippen LogP contribution < -0.4 is 10.5 Å². The average molecular weight is 243 g/mol. The van der Waals surface area contributed by atoms with Gasteiger partial charge in [0.15, 0.2) is 6.61 Å².